The first kappa shape index (κ1) is 14.5. The Morgan fingerprint density at radius 3 is 2.82 bits per heavy atom. The summed E-state index contributed by atoms with van der Waals surface area (Å²) in [5.41, 5.74) is 2.98. The van der Waals surface area contributed by atoms with Gasteiger partial charge in [-0.25, -0.2) is 9.37 Å². The molecule has 114 valence electrons. The Labute approximate surface area is 127 Å². The summed E-state index contributed by atoms with van der Waals surface area (Å²) in [6.45, 7) is 0. The maximum Gasteiger partial charge on any atom is 0.153 e. The van der Waals surface area contributed by atoms with E-state index in [-0.39, 0.29) is 5.82 Å². The van der Waals surface area contributed by atoms with Crippen molar-refractivity contribution in [2.45, 2.75) is 25.4 Å². The fraction of sp³-hybridized carbons (Fsp3) is 0.250. The number of aromatic nitrogens is 4. The largest absolute Gasteiger partial charge is 0.385 e. The Bertz CT molecular complexity index is 723. The lowest BCUT2D eigenvalue weighted by Crippen LogP contribution is -2.02. The summed E-state index contributed by atoms with van der Waals surface area (Å²) in [6.07, 6.45) is 2.63. The molecule has 0 fully saturated rings. The van der Waals surface area contributed by atoms with Crippen LogP contribution in [-0.2, 0) is 12.8 Å². The third kappa shape index (κ3) is 3.59. The molecule has 2 heterocycles. The van der Waals surface area contributed by atoms with Crippen molar-refractivity contribution in [2.75, 3.05) is 0 Å². The topological polar surface area (TPSA) is 77.6 Å². The van der Waals surface area contributed by atoms with Crippen LogP contribution in [-0.4, -0.2) is 25.3 Å². The Morgan fingerprint density at radius 2 is 2.05 bits per heavy atom. The molecule has 1 aromatic carbocycles. The Kier molecular flexibility index (Phi) is 4.29. The van der Waals surface area contributed by atoms with Crippen LogP contribution in [0, 0.1) is 5.82 Å². The van der Waals surface area contributed by atoms with Crippen LogP contribution in [0.1, 0.15) is 35.3 Å². The molecule has 3 N–H and O–H groups in total. The molecule has 0 amide bonds. The van der Waals surface area contributed by atoms with Crippen molar-refractivity contribution in [1.29, 1.82) is 0 Å². The van der Waals surface area contributed by atoms with Gasteiger partial charge < -0.3 is 10.1 Å². The van der Waals surface area contributed by atoms with Crippen LogP contribution in [0.4, 0.5) is 4.39 Å². The minimum atomic E-state index is -0.655. The molecular formula is C16H17FN4O. The number of aliphatic hydroxyl groups excluding tert-OH is 1. The van der Waals surface area contributed by atoms with Gasteiger partial charge in [0.1, 0.15) is 18.2 Å². The van der Waals surface area contributed by atoms with Crippen LogP contribution in [0.3, 0.4) is 0 Å². The zero-order valence-electron chi connectivity index (χ0n) is 12.0. The number of aryl methyl sites for hydroxylation is 1. The van der Waals surface area contributed by atoms with Crippen LogP contribution in [0.25, 0.3) is 0 Å². The van der Waals surface area contributed by atoms with Gasteiger partial charge in [0.25, 0.3) is 0 Å². The molecule has 0 radical (unpaired) electrons. The van der Waals surface area contributed by atoms with Gasteiger partial charge in [-0.1, -0.05) is 12.1 Å². The van der Waals surface area contributed by atoms with E-state index in [0.29, 0.717) is 25.1 Å². The van der Waals surface area contributed by atoms with E-state index in [1.165, 1.54) is 18.5 Å². The van der Waals surface area contributed by atoms with Crippen LogP contribution < -0.4 is 0 Å². The zero-order valence-corrected chi connectivity index (χ0v) is 12.0. The van der Waals surface area contributed by atoms with Crippen molar-refractivity contribution in [3.05, 3.63) is 71.3 Å². The normalized spacial score (nSPS) is 12.5. The molecule has 0 spiro atoms. The summed E-state index contributed by atoms with van der Waals surface area (Å²) in [5, 5.41) is 16.3. The van der Waals surface area contributed by atoms with Crippen LogP contribution in [0.5, 0.6) is 0 Å². The third-order valence-electron chi connectivity index (χ3n) is 3.53. The predicted molar refractivity (Wildman–Crippen MR) is 79.7 cm³/mol. The molecule has 0 aliphatic rings. The number of nitrogens with one attached hydrogen (secondary N) is 2. The first-order chi connectivity index (χ1) is 10.7. The van der Waals surface area contributed by atoms with E-state index in [0.717, 1.165) is 17.0 Å². The number of halogens is 1. The van der Waals surface area contributed by atoms with Crippen molar-refractivity contribution < 1.29 is 9.50 Å². The number of benzene rings is 1. The van der Waals surface area contributed by atoms with E-state index in [9.17, 15) is 9.50 Å². The van der Waals surface area contributed by atoms with E-state index in [1.807, 2.05) is 18.2 Å². The zero-order chi connectivity index (χ0) is 15.4. The summed E-state index contributed by atoms with van der Waals surface area (Å²) in [4.78, 5) is 7.24. The van der Waals surface area contributed by atoms with Gasteiger partial charge in [0.2, 0.25) is 0 Å². The number of H-pyrrole nitrogens is 2. The summed E-state index contributed by atoms with van der Waals surface area (Å²) >= 11 is 0. The molecule has 1 unspecified atom stereocenters. The van der Waals surface area contributed by atoms with Gasteiger partial charge in [0, 0.05) is 17.8 Å². The molecule has 6 heteroatoms. The highest BCUT2D eigenvalue weighted by molar-refractivity contribution is 5.24. The van der Waals surface area contributed by atoms with Crippen molar-refractivity contribution >= 4 is 0 Å². The molecule has 22 heavy (non-hydrogen) atoms. The first-order valence-electron chi connectivity index (χ1n) is 7.15. The fourth-order valence-corrected chi connectivity index (χ4v) is 2.41. The number of rotatable bonds is 6. The molecule has 0 saturated carbocycles. The molecule has 0 saturated heterocycles. The van der Waals surface area contributed by atoms with E-state index in [1.54, 1.807) is 6.07 Å². The van der Waals surface area contributed by atoms with Gasteiger partial charge in [0.05, 0.1) is 0 Å². The lowest BCUT2D eigenvalue weighted by molar-refractivity contribution is 0.158. The van der Waals surface area contributed by atoms with Crippen LogP contribution in [0.15, 0.2) is 42.7 Å². The Hall–Kier alpha value is -2.47. The predicted octanol–water partition coefficient (Wildman–Crippen LogP) is 2.53. The monoisotopic (exact) mass is 300 g/mol. The number of hydrogen-bond donors (Lipinski definition) is 3. The Morgan fingerprint density at radius 1 is 1.18 bits per heavy atom. The summed E-state index contributed by atoms with van der Waals surface area (Å²) in [7, 11) is 0. The molecule has 3 aromatic rings. The molecule has 1 atom stereocenters. The SMILES string of the molecule is OC(CCc1ccc(Cc2cccc(F)c2)[nH]1)c1ncn[nH]1. The lowest BCUT2D eigenvalue weighted by atomic mass is 10.1. The molecule has 0 aliphatic carbocycles. The van der Waals surface area contributed by atoms with E-state index in [2.05, 4.69) is 20.2 Å². The second-order valence-electron chi connectivity index (χ2n) is 5.24. The minimum absolute atomic E-state index is 0.223. The van der Waals surface area contributed by atoms with Crippen molar-refractivity contribution in [1.82, 2.24) is 20.2 Å². The van der Waals surface area contributed by atoms with Gasteiger partial charge in [-0.3, -0.25) is 5.10 Å². The van der Waals surface area contributed by atoms with E-state index >= 15 is 0 Å². The van der Waals surface area contributed by atoms with E-state index in [4.69, 9.17) is 0 Å². The second-order valence-corrected chi connectivity index (χ2v) is 5.24. The second kappa shape index (κ2) is 6.53. The maximum absolute atomic E-state index is 13.2. The quantitative estimate of drug-likeness (QED) is 0.654. The highest BCUT2D eigenvalue weighted by Crippen LogP contribution is 2.16. The van der Waals surface area contributed by atoms with Gasteiger partial charge in [-0.2, -0.15) is 5.10 Å². The number of aliphatic hydroxyl groups is 1. The minimum Gasteiger partial charge on any atom is -0.385 e. The molecule has 2 aromatic heterocycles. The first-order valence-corrected chi connectivity index (χ1v) is 7.15. The summed E-state index contributed by atoms with van der Waals surface area (Å²) < 4.78 is 13.2. The van der Waals surface area contributed by atoms with Crippen LogP contribution >= 0.6 is 0 Å². The molecule has 0 aliphatic heterocycles. The standard InChI is InChI=1S/C16H17FN4O/c17-12-3-1-2-11(8-12)9-14-5-4-13(20-14)6-7-15(22)16-18-10-19-21-16/h1-5,8,10,15,20,22H,6-7,9H2,(H,18,19,21). The Balaban J connectivity index is 1.57. The molecule has 3 rings (SSSR count). The summed E-state index contributed by atoms with van der Waals surface area (Å²) in [5.74, 6) is 0.256. The highest BCUT2D eigenvalue weighted by atomic mass is 19.1. The third-order valence-corrected chi connectivity index (χ3v) is 3.53. The van der Waals surface area contributed by atoms with Gasteiger partial charge in [-0.05, 0) is 42.7 Å². The average Bonchev–Trinajstić information content (AvgIpc) is 3.16. The van der Waals surface area contributed by atoms with E-state index < -0.39 is 6.10 Å². The average molecular weight is 300 g/mol. The molecular weight excluding hydrogens is 283 g/mol. The fourth-order valence-electron chi connectivity index (χ4n) is 2.41. The van der Waals surface area contributed by atoms with Gasteiger partial charge in [0.15, 0.2) is 5.82 Å². The molecule has 0 bridgehead atoms. The van der Waals surface area contributed by atoms with Crippen LogP contribution in [0.2, 0.25) is 0 Å². The van der Waals surface area contributed by atoms with Gasteiger partial charge in [-0.15, -0.1) is 0 Å². The smallest absolute Gasteiger partial charge is 0.153 e. The number of nitrogens with zero attached hydrogens (tertiary/aromatic N) is 2. The van der Waals surface area contributed by atoms with Crippen molar-refractivity contribution in [3.8, 4) is 0 Å². The van der Waals surface area contributed by atoms with Crippen molar-refractivity contribution in [3.63, 3.8) is 0 Å². The number of aromatic amines is 2. The lowest BCUT2D eigenvalue weighted by Gasteiger charge is -2.05. The van der Waals surface area contributed by atoms with Crippen molar-refractivity contribution in [2.24, 2.45) is 0 Å². The highest BCUT2D eigenvalue weighted by Gasteiger charge is 2.11. The maximum atomic E-state index is 13.2. The van der Waals surface area contributed by atoms with Gasteiger partial charge >= 0.3 is 0 Å². The molecule has 5 nitrogen and oxygen atoms in total. The number of hydrogen-bond acceptors (Lipinski definition) is 3. The summed E-state index contributed by atoms with van der Waals surface area (Å²) in [6, 6.07) is 10.6.